The van der Waals surface area contributed by atoms with Crippen LogP contribution in [0.15, 0.2) is 18.2 Å². The van der Waals surface area contributed by atoms with Crippen LogP contribution in [0.2, 0.25) is 10.0 Å². The molecule has 1 fully saturated rings. The van der Waals surface area contributed by atoms with Gasteiger partial charge in [-0.3, -0.25) is 0 Å². The summed E-state index contributed by atoms with van der Waals surface area (Å²) in [6, 6.07) is 5.06. The van der Waals surface area contributed by atoms with Crippen LogP contribution in [0.4, 0.5) is 0 Å². The van der Waals surface area contributed by atoms with Crippen LogP contribution in [-0.4, -0.2) is 9.36 Å². The van der Waals surface area contributed by atoms with Crippen molar-refractivity contribution < 1.29 is 4.74 Å². The Bertz CT molecular complexity index is 534. The molecule has 1 saturated carbocycles. The lowest BCUT2D eigenvalue weighted by Crippen LogP contribution is -1.85. The molecule has 1 aliphatic rings. The number of aromatic nitrogens is 2. The molecular formula is C11H8Cl2N2OS. The summed E-state index contributed by atoms with van der Waals surface area (Å²) in [7, 11) is 0. The van der Waals surface area contributed by atoms with Crippen LogP contribution in [0.3, 0.4) is 0 Å². The molecule has 0 unspecified atom stereocenters. The molecule has 6 heteroatoms. The standard InChI is InChI=1S/C11H8Cl2N2OS/c12-7-3-8(13)5-9(4-7)16-11-14-10(15-17-11)6-1-2-6/h3-6H,1-2H2. The lowest BCUT2D eigenvalue weighted by Gasteiger charge is -2.02. The van der Waals surface area contributed by atoms with Gasteiger partial charge in [0.2, 0.25) is 0 Å². The molecule has 1 heterocycles. The number of hydrogen-bond acceptors (Lipinski definition) is 4. The van der Waals surface area contributed by atoms with E-state index in [1.165, 1.54) is 24.4 Å². The second-order valence-corrected chi connectivity index (χ2v) is 5.49. The number of nitrogens with zero attached hydrogens (tertiary/aromatic N) is 2. The molecule has 0 aliphatic heterocycles. The zero-order valence-electron chi connectivity index (χ0n) is 8.69. The van der Waals surface area contributed by atoms with Gasteiger partial charge in [0.1, 0.15) is 11.6 Å². The SMILES string of the molecule is Clc1cc(Cl)cc(Oc2nc(C3CC3)ns2)c1. The van der Waals surface area contributed by atoms with Gasteiger partial charge in [-0.05, 0) is 31.0 Å². The Kier molecular flexibility index (Phi) is 2.94. The highest BCUT2D eigenvalue weighted by atomic mass is 35.5. The van der Waals surface area contributed by atoms with Crippen molar-refractivity contribution in [1.82, 2.24) is 9.36 Å². The van der Waals surface area contributed by atoms with Crippen molar-refractivity contribution in [3.8, 4) is 10.9 Å². The average molecular weight is 287 g/mol. The van der Waals surface area contributed by atoms with Crippen molar-refractivity contribution >= 4 is 34.7 Å². The van der Waals surface area contributed by atoms with E-state index >= 15 is 0 Å². The summed E-state index contributed by atoms with van der Waals surface area (Å²) >= 11 is 13.0. The first-order valence-corrected chi connectivity index (χ1v) is 6.71. The smallest absolute Gasteiger partial charge is 0.298 e. The zero-order valence-corrected chi connectivity index (χ0v) is 11.0. The number of rotatable bonds is 3. The van der Waals surface area contributed by atoms with Crippen LogP contribution in [0.25, 0.3) is 0 Å². The van der Waals surface area contributed by atoms with E-state index in [0.29, 0.717) is 26.9 Å². The quantitative estimate of drug-likeness (QED) is 0.832. The Morgan fingerprint density at radius 1 is 1.18 bits per heavy atom. The largest absolute Gasteiger partial charge is 0.430 e. The fraction of sp³-hybridized carbons (Fsp3) is 0.273. The van der Waals surface area contributed by atoms with Crippen LogP contribution in [0.5, 0.6) is 10.9 Å². The second-order valence-electron chi connectivity index (χ2n) is 3.90. The van der Waals surface area contributed by atoms with Crippen molar-refractivity contribution in [2.45, 2.75) is 18.8 Å². The van der Waals surface area contributed by atoms with Crippen LogP contribution < -0.4 is 4.74 Å². The van der Waals surface area contributed by atoms with Gasteiger partial charge in [0.25, 0.3) is 5.19 Å². The van der Waals surface area contributed by atoms with Crippen LogP contribution in [0, 0.1) is 0 Å². The van der Waals surface area contributed by atoms with Gasteiger partial charge in [-0.1, -0.05) is 23.2 Å². The average Bonchev–Trinajstić information content (AvgIpc) is 2.99. The first-order chi connectivity index (χ1) is 8.20. The Morgan fingerprint density at radius 3 is 2.53 bits per heavy atom. The molecule has 0 radical (unpaired) electrons. The summed E-state index contributed by atoms with van der Waals surface area (Å²) in [6.07, 6.45) is 2.36. The zero-order chi connectivity index (χ0) is 11.8. The second kappa shape index (κ2) is 4.44. The predicted molar refractivity (Wildman–Crippen MR) is 68.4 cm³/mol. The summed E-state index contributed by atoms with van der Waals surface area (Å²) in [6.45, 7) is 0. The molecule has 2 aromatic rings. The number of halogens is 2. The molecule has 0 amide bonds. The molecule has 0 saturated heterocycles. The van der Waals surface area contributed by atoms with Gasteiger partial charge in [-0.15, -0.1) is 0 Å². The third-order valence-corrected chi connectivity index (χ3v) is 3.45. The van der Waals surface area contributed by atoms with Gasteiger partial charge in [0, 0.05) is 27.5 Å². The van der Waals surface area contributed by atoms with Gasteiger partial charge in [0.05, 0.1) is 0 Å². The van der Waals surface area contributed by atoms with Crippen LogP contribution >= 0.6 is 34.7 Å². The van der Waals surface area contributed by atoms with Crippen LogP contribution in [-0.2, 0) is 0 Å². The van der Waals surface area contributed by atoms with Crippen LogP contribution in [0.1, 0.15) is 24.6 Å². The molecular weight excluding hydrogens is 279 g/mol. The molecule has 3 nitrogen and oxygen atoms in total. The van der Waals surface area contributed by atoms with E-state index in [0.717, 1.165) is 5.82 Å². The fourth-order valence-corrected chi connectivity index (χ4v) is 2.59. The van der Waals surface area contributed by atoms with Gasteiger partial charge in [0.15, 0.2) is 0 Å². The highest BCUT2D eigenvalue weighted by molar-refractivity contribution is 7.07. The van der Waals surface area contributed by atoms with E-state index in [1.54, 1.807) is 18.2 Å². The summed E-state index contributed by atoms with van der Waals surface area (Å²) in [4.78, 5) is 4.33. The van der Waals surface area contributed by atoms with E-state index in [1.807, 2.05) is 0 Å². The van der Waals surface area contributed by atoms with Gasteiger partial charge in [-0.2, -0.15) is 9.36 Å². The van der Waals surface area contributed by atoms with E-state index in [9.17, 15) is 0 Å². The minimum absolute atomic E-state index is 0.533. The molecule has 1 aromatic heterocycles. The minimum atomic E-state index is 0.533. The minimum Gasteiger partial charge on any atom is -0.430 e. The molecule has 88 valence electrons. The van der Waals surface area contributed by atoms with E-state index in [4.69, 9.17) is 27.9 Å². The maximum absolute atomic E-state index is 5.88. The topological polar surface area (TPSA) is 35.0 Å². The van der Waals surface area contributed by atoms with Crippen molar-refractivity contribution in [2.75, 3.05) is 0 Å². The van der Waals surface area contributed by atoms with Gasteiger partial charge in [-0.25, -0.2) is 0 Å². The van der Waals surface area contributed by atoms with E-state index in [-0.39, 0.29) is 0 Å². The summed E-state index contributed by atoms with van der Waals surface area (Å²) in [5.74, 6) is 2.01. The maximum Gasteiger partial charge on any atom is 0.298 e. The Balaban J connectivity index is 1.80. The number of hydrogen-bond donors (Lipinski definition) is 0. The Morgan fingerprint density at radius 2 is 1.88 bits per heavy atom. The highest BCUT2D eigenvalue weighted by Gasteiger charge is 2.28. The van der Waals surface area contributed by atoms with Crippen molar-refractivity contribution in [3.63, 3.8) is 0 Å². The predicted octanol–water partition coefficient (Wildman–Crippen LogP) is 4.51. The molecule has 1 aromatic carbocycles. The third-order valence-electron chi connectivity index (χ3n) is 2.41. The van der Waals surface area contributed by atoms with E-state index in [2.05, 4.69) is 9.36 Å². The molecule has 0 spiro atoms. The maximum atomic E-state index is 5.88. The van der Waals surface area contributed by atoms with Gasteiger partial charge < -0.3 is 4.74 Å². The van der Waals surface area contributed by atoms with Crippen molar-refractivity contribution in [3.05, 3.63) is 34.1 Å². The third kappa shape index (κ3) is 2.70. The molecule has 3 rings (SSSR count). The Labute approximate surface area is 113 Å². The molecule has 17 heavy (non-hydrogen) atoms. The van der Waals surface area contributed by atoms with Crippen molar-refractivity contribution in [2.24, 2.45) is 0 Å². The van der Waals surface area contributed by atoms with Gasteiger partial charge >= 0.3 is 0 Å². The first kappa shape index (κ1) is 11.3. The summed E-state index contributed by atoms with van der Waals surface area (Å²) in [5, 5.41) is 1.61. The number of benzene rings is 1. The summed E-state index contributed by atoms with van der Waals surface area (Å²) in [5.41, 5.74) is 0. The lowest BCUT2D eigenvalue weighted by molar-refractivity contribution is 0.477. The fourth-order valence-electron chi connectivity index (χ4n) is 1.46. The monoisotopic (exact) mass is 286 g/mol. The molecule has 0 bridgehead atoms. The molecule has 0 atom stereocenters. The molecule has 0 N–H and O–H groups in total. The number of ether oxygens (including phenoxy) is 1. The molecule has 1 aliphatic carbocycles. The lowest BCUT2D eigenvalue weighted by atomic mass is 10.3. The normalized spacial score (nSPS) is 14.9. The highest BCUT2D eigenvalue weighted by Crippen LogP contribution is 2.40. The summed E-state index contributed by atoms with van der Waals surface area (Å²) < 4.78 is 9.83. The Hall–Kier alpha value is -0.840. The van der Waals surface area contributed by atoms with E-state index < -0.39 is 0 Å². The van der Waals surface area contributed by atoms with Crippen molar-refractivity contribution in [1.29, 1.82) is 0 Å². The first-order valence-electron chi connectivity index (χ1n) is 5.18.